The Morgan fingerprint density at radius 3 is 2.50 bits per heavy atom. The zero-order valence-electron chi connectivity index (χ0n) is 11.1. The van der Waals surface area contributed by atoms with Crippen LogP contribution in [0.5, 0.6) is 5.75 Å². The van der Waals surface area contributed by atoms with Crippen LogP contribution in [0.2, 0.25) is 0 Å². The second kappa shape index (κ2) is 5.86. The van der Waals surface area contributed by atoms with E-state index in [-0.39, 0.29) is 11.9 Å². The molecule has 4 nitrogen and oxygen atoms in total. The number of benzene rings is 1. The first-order valence-corrected chi connectivity index (χ1v) is 6.74. The van der Waals surface area contributed by atoms with E-state index in [9.17, 15) is 4.39 Å². The molecule has 0 aliphatic carbocycles. The van der Waals surface area contributed by atoms with Gasteiger partial charge in [-0.25, -0.2) is 9.37 Å². The van der Waals surface area contributed by atoms with E-state index in [1.54, 1.807) is 30.7 Å². The Morgan fingerprint density at radius 2 is 1.85 bits per heavy atom. The monoisotopic (exact) mass is 273 g/mol. The van der Waals surface area contributed by atoms with Crippen molar-refractivity contribution in [2.24, 2.45) is 0 Å². The third-order valence-electron chi connectivity index (χ3n) is 3.43. The molecule has 1 saturated heterocycles. The molecule has 3 rings (SSSR count). The van der Waals surface area contributed by atoms with Crippen LogP contribution < -0.4 is 9.64 Å². The highest BCUT2D eigenvalue weighted by molar-refractivity contribution is 5.35. The lowest BCUT2D eigenvalue weighted by atomic mass is 10.1. The van der Waals surface area contributed by atoms with Crippen molar-refractivity contribution in [1.82, 2.24) is 9.97 Å². The average Bonchev–Trinajstić information content (AvgIpc) is 2.51. The van der Waals surface area contributed by atoms with Crippen molar-refractivity contribution >= 4 is 5.82 Å². The standard InChI is InChI=1S/C15H16FN3O/c16-12-1-3-13(4-2-12)20-14-5-9-19(10-6-14)15-11-17-7-8-18-15/h1-4,7-8,11,14H,5-6,9-10H2. The molecule has 0 bridgehead atoms. The van der Waals surface area contributed by atoms with Crippen molar-refractivity contribution in [3.8, 4) is 5.75 Å². The topological polar surface area (TPSA) is 38.2 Å². The Kier molecular flexibility index (Phi) is 3.76. The van der Waals surface area contributed by atoms with Crippen LogP contribution in [0.25, 0.3) is 0 Å². The van der Waals surface area contributed by atoms with E-state index in [0.29, 0.717) is 0 Å². The zero-order valence-corrected chi connectivity index (χ0v) is 11.1. The van der Waals surface area contributed by atoms with Gasteiger partial charge in [0, 0.05) is 38.3 Å². The summed E-state index contributed by atoms with van der Waals surface area (Å²) in [5.74, 6) is 1.40. The molecule has 0 spiro atoms. The molecular formula is C15H16FN3O. The Bertz CT molecular complexity index is 539. The van der Waals surface area contributed by atoms with Gasteiger partial charge in [-0.05, 0) is 24.3 Å². The molecule has 2 aromatic rings. The molecule has 0 N–H and O–H groups in total. The van der Waals surface area contributed by atoms with Gasteiger partial charge in [0.2, 0.25) is 0 Å². The minimum Gasteiger partial charge on any atom is -0.490 e. The second-order valence-corrected chi connectivity index (χ2v) is 4.82. The molecule has 20 heavy (non-hydrogen) atoms. The smallest absolute Gasteiger partial charge is 0.147 e. The summed E-state index contributed by atoms with van der Waals surface area (Å²) in [4.78, 5) is 10.6. The van der Waals surface area contributed by atoms with Gasteiger partial charge in [0.1, 0.15) is 23.5 Å². The van der Waals surface area contributed by atoms with Crippen LogP contribution >= 0.6 is 0 Å². The highest BCUT2D eigenvalue weighted by Gasteiger charge is 2.21. The lowest BCUT2D eigenvalue weighted by molar-refractivity contribution is 0.170. The number of aromatic nitrogens is 2. The molecule has 104 valence electrons. The first-order chi connectivity index (χ1) is 9.81. The second-order valence-electron chi connectivity index (χ2n) is 4.82. The van der Waals surface area contributed by atoms with E-state index in [4.69, 9.17) is 4.74 Å². The van der Waals surface area contributed by atoms with Gasteiger partial charge in [-0.3, -0.25) is 4.98 Å². The first kappa shape index (κ1) is 12.8. The highest BCUT2D eigenvalue weighted by Crippen LogP contribution is 2.21. The van der Waals surface area contributed by atoms with E-state index < -0.39 is 0 Å². The number of piperidine rings is 1. The minimum absolute atomic E-state index is 0.174. The summed E-state index contributed by atoms with van der Waals surface area (Å²) in [5, 5.41) is 0. The van der Waals surface area contributed by atoms with Gasteiger partial charge in [-0.2, -0.15) is 0 Å². The van der Waals surface area contributed by atoms with E-state index in [1.165, 1.54) is 12.1 Å². The fraction of sp³-hybridized carbons (Fsp3) is 0.333. The summed E-state index contributed by atoms with van der Waals surface area (Å²) in [6, 6.07) is 6.18. The quantitative estimate of drug-likeness (QED) is 0.861. The summed E-state index contributed by atoms with van der Waals surface area (Å²) in [6.45, 7) is 1.79. The molecule has 2 heterocycles. The molecular weight excluding hydrogens is 257 g/mol. The molecule has 0 atom stereocenters. The number of nitrogens with zero attached hydrogens (tertiary/aromatic N) is 3. The van der Waals surface area contributed by atoms with Crippen LogP contribution in [-0.2, 0) is 0 Å². The Balaban J connectivity index is 1.55. The van der Waals surface area contributed by atoms with E-state index in [1.807, 2.05) is 0 Å². The van der Waals surface area contributed by atoms with Crippen LogP contribution in [0.3, 0.4) is 0 Å². The average molecular weight is 273 g/mol. The van der Waals surface area contributed by atoms with Crippen molar-refractivity contribution in [2.75, 3.05) is 18.0 Å². The van der Waals surface area contributed by atoms with Crippen LogP contribution in [0, 0.1) is 5.82 Å². The van der Waals surface area contributed by atoms with Gasteiger partial charge < -0.3 is 9.64 Å². The van der Waals surface area contributed by atoms with Crippen LogP contribution in [0.15, 0.2) is 42.9 Å². The zero-order chi connectivity index (χ0) is 13.8. The molecule has 1 fully saturated rings. The van der Waals surface area contributed by atoms with Gasteiger partial charge >= 0.3 is 0 Å². The fourth-order valence-electron chi connectivity index (χ4n) is 2.36. The predicted molar refractivity (Wildman–Crippen MR) is 74.3 cm³/mol. The van der Waals surface area contributed by atoms with Gasteiger partial charge in [-0.15, -0.1) is 0 Å². The van der Waals surface area contributed by atoms with Crippen molar-refractivity contribution in [2.45, 2.75) is 18.9 Å². The van der Waals surface area contributed by atoms with Crippen molar-refractivity contribution in [3.05, 3.63) is 48.7 Å². The summed E-state index contributed by atoms with van der Waals surface area (Å²) < 4.78 is 18.7. The Morgan fingerprint density at radius 1 is 1.10 bits per heavy atom. The van der Waals surface area contributed by atoms with E-state index >= 15 is 0 Å². The van der Waals surface area contributed by atoms with Crippen molar-refractivity contribution in [3.63, 3.8) is 0 Å². The normalized spacial score (nSPS) is 16.1. The maximum absolute atomic E-state index is 12.8. The lowest BCUT2D eigenvalue weighted by Gasteiger charge is -2.32. The van der Waals surface area contributed by atoms with Crippen molar-refractivity contribution < 1.29 is 9.13 Å². The van der Waals surface area contributed by atoms with Gasteiger partial charge in [0.25, 0.3) is 0 Å². The summed E-state index contributed by atoms with van der Waals surface area (Å²) in [6.07, 6.45) is 7.18. The SMILES string of the molecule is Fc1ccc(OC2CCN(c3cnccn3)CC2)cc1. The third kappa shape index (κ3) is 3.04. The number of anilines is 1. The highest BCUT2D eigenvalue weighted by atomic mass is 19.1. The first-order valence-electron chi connectivity index (χ1n) is 6.74. The number of hydrogen-bond acceptors (Lipinski definition) is 4. The third-order valence-corrected chi connectivity index (χ3v) is 3.43. The molecule has 1 aliphatic rings. The molecule has 1 aliphatic heterocycles. The van der Waals surface area contributed by atoms with Gasteiger partial charge in [0.15, 0.2) is 0 Å². The maximum Gasteiger partial charge on any atom is 0.147 e. The van der Waals surface area contributed by atoms with Crippen LogP contribution in [0.4, 0.5) is 10.2 Å². The summed E-state index contributed by atoms with van der Waals surface area (Å²) in [5.41, 5.74) is 0. The summed E-state index contributed by atoms with van der Waals surface area (Å²) in [7, 11) is 0. The molecule has 5 heteroatoms. The minimum atomic E-state index is -0.241. The Hall–Kier alpha value is -2.17. The number of rotatable bonds is 3. The lowest BCUT2D eigenvalue weighted by Crippen LogP contribution is -2.38. The predicted octanol–water partition coefficient (Wildman–Crippen LogP) is 2.66. The molecule has 0 unspecified atom stereocenters. The number of hydrogen-bond donors (Lipinski definition) is 0. The molecule has 1 aromatic carbocycles. The largest absolute Gasteiger partial charge is 0.490 e. The maximum atomic E-state index is 12.8. The Labute approximate surface area is 117 Å². The summed E-state index contributed by atoms with van der Waals surface area (Å²) >= 11 is 0. The van der Waals surface area contributed by atoms with Crippen LogP contribution in [-0.4, -0.2) is 29.2 Å². The number of ether oxygens (including phenoxy) is 1. The van der Waals surface area contributed by atoms with Crippen molar-refractivity contribution in [1.29, 1.82) is 0 Å². The van der Waals surface area contributed by atoms with Gasteiger partial charge in [0.05, 0.1) is 6.20 Å². The molecule has 0 radical (unpaired) electrons. The van der Waals surface area contributed by atoms with E-state index in [0.717, 1.165) is 37.5 Å². The molecule has 0 saturated carbocycles. The van der Waals surface area contributed by atoms with E-state index in [2.05, 4.69) is 14.9 Å². The molecule has 0 amide bonds. The number of halogens is 1. The molecule has 1 aromatic heterocycles. The van der Waals surface area contributed by atoms with Gasteiger partial charge in [-0.1, -0.05) is 0 Å². The van der Waals surface area contributed by atoms with Crippen LogP contribution in [0.1, 0.15) is 12.8 Å². The fourth-order valence-corrected chi connectivity index (χ4v) is 2.36.